The second-order valence-electron chi connectivity index (χ2n) is 2.70. The predicted octanol–water partition coefficient (Wildman–Crippen LogP) is 2.19. The van der Waals surface area contributed by atoms with Gasteiger partial charge in [0, 0.05) is 12.3 Å². The van der Waals surface area contributed by atoms with Crippen molar-refractivity contribution in [1.82, 2.24) is 0 Å². The molecule has 1 aliphatic heterocycles. The van der Waals surface area contributed by atoms with Crippen molar-refractivity contribution >= 4 is 5.71 Å². The van der Waals surface area contributed by atoms with Crippen LogP contribution in [0.3, 0.4) is 0 Å². The third kappa shape index (κ3) is 2.00. The summed E-state index contributed by atoms with van der Waals surface area (Å²) in [5, 5.41) is 0. The van der Waals surface area contributed by atoms with Crippen molar-refractivity contribution in [2.45, 2.75) is 26.7 Å². The molecule has 0 N–H and O–H groups in total. The highest BCUT2D eigenvalue weighted by atomic mass is 14.8. The Morgan fingerprint density at radius 1 is 1.56 bits per heavy atom. The monoisotopic (exact) mass is 123 g/mol. The van der Waals surface area contributed by atoms with Crippen LogP contribution in [0.1, 0.15) is 26.7 Å². The van der Waals surface area contributed by atoms with Gasteiger partial charge in [0.15, 0.2) is 0 Å². The highest BCUT2D eigenvalue weighted by molar-refractivity contribution is 5.96. The van der Waals surface area contributed by atoms with Gasteiger partial charge in [-0.2, -0.15) is 0 Å². The molecule has 0 bridgehead atoms. The number of rotatable bonds is 1. The number of allylic oxidation sites excluding steroid dienone is 2. The van der Waals surface area contributed by atoms with Gasteiger partial charge in [-0.3, -0.25) is 4.99 Å². The Hall–Kier alpha value is -0.590. The Morgan fingerprint density at radius 3 is 2.78 bits per heavy atom. The summed E-state index contributed by atoms with van der Waals surface area (Å²) in [6.07, 6.45) is 4.61. The first-order valence-corrected chi connectivity index (χ1v) is 3.47. The molecule has 0 saturated heterocycles. The van der Waals surface area contributed by atoms with Crippen LogP contribution in [0.5, 0.6) is 0 Å². The molecule has 0 atom stereocenters. The maximum atomic E-state index is 4.32. The van der Waals surface area contributed by atoms with Crippen LogP contribution >= 0.6 is 0 Å². The Labute approximate surface area is 56.5 Å². The van der Waals surface area contributed by atoms with Crippen LogP contribution in [0, 0.1) is 0 Å². The number of aliphatic imine (C=N–C) groups is 1. The Balaban J connectivity index is 2.53. The molecular formula is C8H13N. The molecule has 1 rings (SSSR count). The third-order valence-electron chi connectivity index (χ3n) is 1.36. The van der Waals surface area contributed by atoms with Gasteiger partial charge in [-0.25, -0.2) is 0 Å². The second kappa shape index (κ2) is 2.81. The molecule has 1 heterocycles. The minimum absolute atomic E-state index is 1.04. The van der Waals surface area contributed by atoms with Gasteiger partial charge in [0.05, 0.1) is 0 Å². The van der Waals surface area contributed by atoms with Crippen LogP contribution in [0.4, 0.5) is 0 Å². The lowest BCUT2D eigenvalue weighted by Crippen LogP contribution is -1.85. The summed E-state index contributed by atoms with van der Waals surface area (Å²) in [6, 6.07) is 0. The number of hydrogen-bond acceptors (Lipinski definition) is 1. The maximum absolute atomic E-state index is 4.32. The fourth-order valence-corrected chi connectivity index (χ4v) is 1.01. The first-order valence-electron chi connectivity index (χ1n) is 3.47. The fourth-order valence-electron chi connectivity index (χ4n) is 1.01. The molecule has 0 spiro atoms. The van der Waals surface area contributed by atoms with E-state index in [0.29, 0.717) is 0 Å². The lowest BCUT2D eigenvalue weighted by molar-refractivity contribution is 0.951. The molecule has 1 heteroatoms. The molecule has 0 amide bonds. The van der Waals surface area contributed by atoms with E-state index in [1.165, 1.54) is 24.1 Å². The Morgan fingerprint density at radius 2 is 2.33 bits per heavy atom. The quantitative estimate of drug-likeness (QED) is 0.507. The van der Waals surface area contributed by atoms with E-state index in [4.69, 9.17) is 0 Å². The Bertz CT molecular complexity index is 150. The number of nitrogens with zero attached hydrogens (tertiary/aromatic N) is 1. The van der Waals surface area contributed by atoms with Gasteiger partial charge >= 0.3 is 0 Å². The standard InChI is InChI=1S/C8H13N/c1-7(2)6-8-4-3-5-9-8/h6H,3-5H2,1-2H3. The largest absolute Gasteiger partial charge is 0.290 e. The van der Waals surface area contributed by atoms with Gasteiger partial charge in [-0.05, 0) is 32.8 Å². The van der Waals surface area contributed by atoms with E-state index in [0.717, 1.165) is 6.54 Å². The Kier molecular flexibility index (Phi) is 2.04. The highest BCUT2D eigenvalue weighted by Gasteiger charge is 2.01. The molecule has 0 saturated carbocycles. The van der Waals surface area contributed by atoms with E-state index in [1.807, 2.05) is 0 Å². The molecule has 1 aliphatic rings. The molecule has 0 aromatic rings. The van der Waals surface area contributed by atoms with Crippen molar-refractivity contribution < 1.29 is 0 Å². The topological polar surface area (TPSA) is 12.4 Å². The average molecular weight is 123 g/mol. The fraction of sp³-hybridized carbons (Fsp3) is 0.625. The first kappa shape index (κ1) is 6.53. The molecule has 0 unspecified atom stereocenters. The second-order valence-corrected chi connectivity index (χ2v) is 2.70. The molecule has 0 aromatic carbocycles. The average Bonchev–Trinajstić information content (AvgIpc) is 2.15. The zero-order valence-corrected chi connectivity index (χ0v) is 6.15. The zero-order chi connectivity index (χ0) is 6.69. The normalized spacial score (nSPS) is 17.3. The van der Waals surface area contributed by atoms with Crippen molar-refractivity contribution in [2.24, 2.45) is 4.99 Å². The minimum atomic E-state index is 1.04. The lowest BCUT2D eigenvalue weighted by Gasteiger charge is -1.89. The van der Waals surface area contributed by atoms with Crippen LogP contribution in [0.25, 0.3) is 0 Å². The zero-order valence-electron chi connectivity index (χ0n) is 6.15. The molecule has 0 radical (unpaired) electrons. The van der Waals surface area contributed by atoms with Gasteiger partial charge in [0.1, 0.15) is 0 Å². The van der Waals surface area contributed by atoms with Crippen molar-refractivity contribution in [3.8, 4) is 0 Å². The molecule has 1 nitrogen and oxygen atoms in total. The lowest BCUT2D eigenvalue weighted by atomic mass is 10.2. The summed E-state index contributed by atoms with van der Waals surface area (Å²) >= 11 is 0. The summed E-state index contributed by atoms with van der Waals surface area (Å²) in [7, 11) is 0. The van der Waals surface area contributed by atoms with E-state index in [1.54, 1.807) is 0 Å². The number of hydrogen-bond donors (Lipinski definition) is 0. The smallest absolute Gasteiger partial charge is 0.0396 e. The van der Waals surface area contributed by atoms with Crippen molar-refractivity contribution in [3.05, 3.63) is 11.6 Å². The molecule has 0 aromatic heterocycles. The molecule has 0 fully saturated rings. The summed E-state index contributed by atoms with van der Waals surface area (Å²) in [5.74, 6) is 0. The van der Waals surface area contributed by atoms with Crippen LogP contribution in [-0.2, 0) is 0 Å². The van der Waals surface area contributed by atoms with Crippen LogP contribution < -0.4 is 0 Å². The summed E-state index contributed by atoms with van der Waals surface area (Å²) in [5.41, 5.74) is 2.64. The van der Waals surface area contributed by atoms with Gasteiger partial charge in [-0.15, -0.1) is 0 Å². The molecule has 0 aliphatic carbocycles. The summed E-state index contributed by atoms with van der Waals surface area (Å²) in [4.78, 5) is 4.32. The van der Waals surface area contributed by atoms with Crippen molar-refractivity contribution in [3.63, 3.8) is 0 Å². The van der Waals surface area contributed by atoms with Gasteiger partial charge in [0.25, 0.3) is 0 Å². The molecule has 50 valence electrons. The van der Waals surface area contributed by atoms with Gasteiger partial charge in [-0.1, -0.05) is 5.57 Å². The van der Waals surface area contributed by atoms with Crippen molar-refractivity contribution in [1.29, 1.82) is 0 Å². The van der Waals surface area contributed by atoms with E-state index < -0.39 is 0 Å². The maximum Gasteiger partial charge on any atom is 0.0396 e. The first-order chi connectivity index (χ1) is 4.29. The van der Waals surface area contributed by atoms with Gasteiger partial charge in [0.2, 0.25) is 0 Å². The molecule has 9 heavy (non-hydrogen) atoms. The van der Waals surface area contributed by atoms with Crippen LogP contribution in [0.15, 0.2) is 16.6 Å². The highest BCUT2D eigenvalue weighted by Crippen LogP contribution is 2.06. The van der Waals surface area contributed by atoms with Crippen LogP contribution in [0.2, 0.25) is 0 Å². The molecular weight excluding hydrogens is 110 g/mol. The van der Waals surface area contributed by atoms with Gasteiger partial charge < -0.3 is 0 Å². The SMILES string of the molecule is CC(C)=CC1=NCCC1. The summed E-state index contributed by atoms with van der Waals surface area (Å²) in [6.45, 7) is 5.26. The van der Waals surface area contributed by atoms with E-state index in [2.05, 4.69) is 24.9 Å². The van der Waals surface area contributed by atoms with Crippen LogP contribution in [-0.4, -0.2) is 12.3 Å². The summed E-state index contributed by atoms with van der Waals surface area (Å²) < 4.78 is 0. The van der Waals surface area contributed by atoms with E-state index >= 15 is 0 Å². The van der Waals surface area contributed by atoms with E-state index in [-0.39, 0.29) is 0 Å². The van der Waals surface area contributed by atoms with Crippen molar-refractivity contribution in [2.75, 3.05) is 6.54 Å². The van der Waals surface area contributed by atoms with E-state index in [9.17, 15) is 0 Å². The third-order valence-corrected chi connectivity index (χ3v) is 1.36. The minimum Gasteiger partial charge on any atom is -0.290 e. The predicted molar refractivity (Wildman–Crippen MR) is 41.0 cm³/mol.